The zero-order chi connectivity index (χ0) is 11.6. The number of nitrogens with two attached hydrogens (primary N) is 2. The molecule has 92 valence electrons. The van der Waals surface area contributed by atoms with Gasteiger partial charge < -0.3 is 11.5 Å². The second-order valence-corrected chi connectivity index (χ2v) is 6.70. The summed E-state index contributed by atoms with van der Waals surface area (Å²) in [6, 6.07) is 0. The van der Waals surface area contributed by atoms with Crippen molar-refractivity contribution >= 4 is 17.7 Å². The number of carbonyl (C=O) groups excluding carboxylic acids is 1. The van der Waals surface area contributed by atoms with Crippen LogP contribution < -0.4 is 11.5 Å². The summed E-state index contributed by atoms with van der Waals surface area (Å²) in [6.07, 6.45) is 8.18. The Balaban J connectivity index is 1.74. The van der Waals surface area contributed by atoms with Crippen molar-refractivity contribution in [1.29, 1.82) is 0 Å². The fourth-order valence-corrected chi connectivity index (χ4v) is 4.42. The van der Waals surface area contributed by atoms with Gasteiger partial charge in [-0.15, -0.1) is 0 Å². The van der Waals surface area contributed by atoms with Crippen LogP contribution in [-0.2, 0) is 4.79 Å². The minimum absolute atomic E-state index is 0.323. The van der Waals surface area contributed by atoms with Crippen LogP contribution in [0.15, 0.2) is 0 Å². The van der Waals surface area contributed by atoms with Gasteiger partial charge in [0.15, 0.2) is 0 Å². The molecule has 4 heteroatoms. The molecule has 0 saturated heterocycles. The lowest BCUT2D eigenvalue weighted by Gasteiger charge is -2.19. The number of thioether (sulfide) groups is 1. The maximum Gasteiger partial charge on any atom is 0.237 e. The zero-order valence-corrected chi connectivity index (χ0v) is 10.6. The monoisotopic (exact) mass is 242 g/mol. The van der Waals surface area contributed by atoms with E-state index in [1.165, 1.54) is 31.4 Å². The van der Waals surface area contributed by atoms with Gasteiger partial charge in [-0.2, -0.15) is 11.8 Å². The molecule has 0 bridgehead atoms. The molecule has 4 N–H and O–H groups in total. The normalized spacial score (nSPS) is 35.7. The van der Waals surface area contributed by atoms with Crippen molar-refractivity contribution in [3.63, 3.8) is 0 Å². The van der Waals surface area contributed by atoms with Crippen molar-refractivity contribution < 1.29 is 4.79 Å². The van der Waals surface area contributed by atoms with Crippen molar-refractivity contribution in [3.05, 3.63) is 0 Å². The van der Waals surface area contributed by atoms with Crippen LogP contribution in [0.3, 0.4) is 0 Å². The van der Waals surface area contributed by atoms with Crippen LogP contribution >= 0.6 is 11.8 Å². The molecule has 2 rings (SSSR count). The van der Waals surface area contributed by atoms with Crippen LogP contribution in [0.5, 0.6) is 0 Å². The van der Waals surface area contributed by atoms with E-state index in [1.807, 2.05) is 11.8 Å². The van der Waals surface area contributed by atoms with Gasteiger partial charge in [0.2, 0.25) is 5.91 Å². The molecule has 1 amide bonds. The average Bonchev–Trinajstić information content (AvgIpc) is 2.85. The van der Waals surface area contributed by atoms with Gasteiger partial charge in [0, 0.05) is 5.25 Å². The summed E-state index contributed by atoms with van der Waals surface area (Å²) in [5, 5.41) is 0.554. The van der Waals surface area contributed by atoms with E-state index in [0.29, 0.717) is 5.25 Å². The Hall–Kier alpha value is -0.220. The molecule has 0 aromatic rings. The third-order valence-corrected chi connectivity index (χ3v) is 5.58. The van der Waals surface area contributed by atoms with E-state index in [9.17, 15) is 4.79 Å². The first-order chi connectivity index (χ1) is 7.60. The molecule has 2 fully saturated rings. The fraction of sp³-hybridized carbons (Fsp3) is 0.917. The van der Waals surface area contributed by atoms with E-state index in [1.54, 1.807) is 0 Å². The van der Waals surface area contributed by atoms with E-state index in [4.69, 9.17) is 11.5 Å². The number of primary amides is 1. The zero-order valence-electron chi connectivity index (χ0n) is 9.78. The van der Waals surface area contributed by atoms with E-state index < -0.39 is 5.54 Å². The highest BCUT2D eigenvalue weighted by molar-refractivity contribution is 7.99. The Morgan fingerprint density at radius 1 is 1.31 bits per heavy atom. The molecule has 2 aliphatic carbocycles. The molecule has 0 heterocycles. The molecule has 2 aliphatic rings. The predicted octanol–water partition coefficient (Wildman–Crippen LogP) is 1.65. The number of hydrogen-bond acceptors (Lipinski definition) is 3. The van der Waals surface area contributed by atoms with Crippen molar-refractivity contribution in [3.8, 4) is 0 Å². The highest BCUT2D eigenvalue weighted by Gasteiger charge is 2.40. The summed E-state index contributed by atoms with van der Waals surface area (Å²) >= 11 is 2.01. The lowest BCUT2D eigenvalue weighted by Crippen LogP contribution is -2.50. The van der Waals surface area contributed by atoms with Crippen molar-refractivity contribution in [2.75, 3.05) is 5.75 Å². The number of hydrogen-bond donors (Lipinski definition) is 2. The lowest BCUT2D eigenvalue weighted by molar-refractivity contribution is -0.122. The molecule has 0 radical (unpaired) electrons. The average molecular weight is 242 g/mol. The fourth-order valence-electron chi connectivity index (χ4n) is 2.84. The standard InChI is InChI=1S/C12H22N2OS/c13-11(15)12(14)6-5-10(7-12)16-8-9-3-1-2-4-9/h9-10H,1-8,14H2,(H2,13,15). The molecule has 0 spiro atoms. The van der Waals surface area contributed by atoms with Gasteiger partial charge in [-0.3, -0.25) is 4.79 Å². The summed E-state index contributed by atoms with van der Waals surface area (Å²) in [4.78, 5) is 11.2. The smallest absolute Gasteiger partial charge is 0.237 e. The number of rotatable bonds is 4. The molecule has 0 aromatic carbocycles. The van der Waals surface area contributed by atoms with Crippen LogP contribution in [0.2, 0.25) is 0 Å². The molecule has 2 unspecified atom stereocenters. The van der Waals surface area contributed by atoms with Crippen LogP contribution in [-0.4, -0.2) is 22.4 Å². The first kappa shape index (κ1) is 12.2. The van der Waals surface area contributed by atoms with Crippen LogP contribution in [0.4, 0.5) is 0 Å². The topological polar surface area (TPSA) is 69.1 Å². The van der Waals surface area contributed by atoms with E-state index in [-0.39, 0.29) is 5.91 Å². The second kappa shape index (κ2) is 4.96. The summed E-state index contributed by atoms with van der Waals surface area (Å²) < 4.78 is 0. The third kappa shape index (κ3) is 2.72. The molecule has 0 aliphatic heterocycles. The molecular weight excluding hydrogens is 220 g/mol. The van der Waals surface area contributed by atoms with Crippen LogP contribution in [0.25, 0.3) is 0 Å². The predicted molar refractivity (Wildman–Crippen MR) is 68.2 cm³/mol. The van der Waals surface area contributed by atoms with Crippen LogP contribution in [0, 0.1) is 5.92 Å². The molecule has 2 saturated carbocycles. The minimum atomic E-state index is -0.715. The second-order valence-electron chi connectivity index (χ2n) is 5.37. The highest BCUT2D eigenvalue weighted by atomic mass is 32.2. The first-order valence-electron chi connectivity index (χ1n) is 6.30. The van der Waals surface area contributed by atoms with Gasteiger partial charge in [-0.1, -0.05) is 12.8 Å². The number of carbonyl (C=O) groups is 1. The quantitative estimate of drug-likeness (QED) is 0.787. The molecule has 2 atom stereocenters. The van der Waals surface area contributed by atoms with Gasteiger partial charge in [0.25, 0.3) is 0 Å². The summed E-state index contributed by atoms with van der Waals surface area (Å²) in [6.45, 7) is 0. The molecule has 3 nitrogen and oxygen atoms in total. The Bertz CT molecular complexity index is 266. The summed E-state index contributed by atoms with van der Waals surface area (Å²) in [5.41, 5.74) is 10.6. The largest absolute Gasteiger partial charge is 0.368 e. The van der Waals surface area contributed by atoms with Crippen LogP contribution in [0.1, 0.15) is 44.9 Å². The maximum absolute atomic E-state index is 11.2. The number of amides is 1. The Morgan fingerprint density at radius 2 is 2.00 bits per heavy atom. The summed E-state index contributed by atoms with van der Waals surface area (Å²) in [5.74, 6) is 1.84. The van der Waals surface area contributed by atoms with Crippen molar-refractivity contribution in [2.45, 2.75) is 55.7 Å². The van der Waals surface area contributed by atoms with Gasteiger partial charge in [-0.05, 0) is 43.8 Å². The minimum Gasteiger partial charge on any atom is -0.368 e. The molecule has 16 heavy (non-hydrogen) atoms. The Morgan fingerprint density at radius 3 is 2.56 bits per heavy atom. The lowest BCUT2D eigenvalue weighted by atomic mass is 9.99. The van der Waals surface area contributed by atoms with Crippen molar-refractivity contribution in [1.82, 2.24) is 0 Å². The van der Waals surface area contributed by atoms with Crippen molar-refractivity contribution in [2.24, 2.45) is 17.4 Å². The van der Waals surface area contributed by atoms with Gasteiger partial charge in [-0.25, -0.2) is 0 Å². The SMILES string of the molecule is NC(=O)C1(N)CCC(SCC2CCCC2)C1. The Labute approximate surface area is 102 Å². The van der Waals surface area contributed by atoms with E-state index in [0.717, 1.165) is 25.2 Å². The molecular formula is C12H22N2OS. The van der Waals surface area contributed by atoms with E-state index in [2.05, 4.69) is 0 Å². The van der Waals surface area contributed by atoms with Gasteiger partial charge in [0.1, 0.15) is 0 Å². The summed E-state index contributed by atoms with van der Waals surface area (Å²) in [7, 11) is 0. The maximum atomic E-state index is 11.2. The van der Waals surface area contributed by atoms with Gasteiger partial charge >= 0.3 is 0 Å². The first-order valence-corrected chi connectivity index (χ1v) is 7.35. The third-order valence-electron chi connectivity index (χ3n) is 4.04. The molecule has 0 aromatic heterocycles. The Kier molecular flexibility index (Phi) is 3.80. The van der Waals surface area contributed by atoms with Gasteiger partial charge in [0.05, 0.1) is 5.54 Å². The van der Waals surface area contributed by atoms with E-state index >= 15 is 0 Å². The highest BCUT2D eigenvalue weighted by Crippen LogP contribution is 2.38.